The fraction of sp³-hybridized carbons (Fsp3) is 0.261. The van der Waals surface area contributed by atoms with Crippen LogP contribution in [0.1, 0.15) is 41.0 Å². The number of carbonyl (C=O) groups is 1. The van der Waals surface area contributed by atoms with E-state index in [1.807, 2.05) is 37.3 Å². The smallest absolute Gasteiger partial charge is 0.274 e. The van der Waals surface area contributed by atoms with E-state index in [9.17, 15) is 4.79 Å². The Kier molecular flexibility index (Phi) is 4.82. The highest BCUT2D eigenvalue weighted by molar-refractivity contribution is 6.03. The molecule has 1 aliphatic heterocycles. The van der Waals surface area contributed by atoms with Gasteiger partial charge in [0.1, 0.15) is 5.69 Å². The molecule has 0 fully saturated rings. The van der Waals surface area contributed by atoms with Gasteiger partial charge in [-0.05, 0) is 55.5 Å². The van der Waals surface area contributed by atoms with Gasteiger partial charge in [0, 0.05) is 23.6 Å². The number of nitrogens with zero attached hydrogens (tertiary/aromatic N) is 3. The van der Waals surface area contributed by atoms with Gasteiger partial charge < -0.3 is 10.2 Å². The number of nitrogens with one attached hydrogen (secondary N) is 1. The summed E-state index contributed by atoms with van der Waals surface area (Å²) in [5, 5.41) is 3.05. The van der Waals surface area contributed by atoms with Gasteiger partial charge in [0.25, 0.3) is 5.91 Å². The van der Waals surface area contributed by atoms with Crippen molar-refractivity contribution in [2.45, 2.75) is 39.7 Å². The van der Waals surface area contributed by atoms with Gasteiger partial charge in [-0.25, -0.2) is 9.97 Å². The van der Waals surface area contributed by atoms with Crippen molar-refractivity contribution in [3.05, 3.63) is 77.1 Å². The number of benzene rings is 2. The highest BCUT2D eigenvalue weighted by Crippen LogP contribution is 2.36. The van der Waals surface area contributed by atoms with Crippen molar-refractivity contribution in [2.75, 3.05) is 10.2 Å². The quantitative estimate of drug-likeness (QED) is 0.722. The van der Waals surface area contributed by atoms with Gasteiger partial charge >= 0.3 is 0 Å². The van der Waals surface area contributed by atoms with E-state index in [0.717, 1.165) is 35.3 Å². The van der Waals surface area contributed by atoms with Crippen LogP contribution in [0.4, 0.5) is 17.3 Å². The summed E-state index contributed by atoms with van der Waals surface area (Å²) in [5.74, 6) is 0.346. The number of amides is 1. The number of hydrogen-bond donors (Lipinski definition) is 1. The Hall–Kier alpha value is -3.21. The molecule has 1 aromatic heterocycles. The highest BCUT2D eigenvalue weighted by atomic mass is 16.1. The minimum Gasteiger partial charge on any atom is -0.320 e. The molecule has 0 saturated carbocycles. The van der Waals surface area contributed by atoms with E-state index in [0.29, 0.717) is 11.6 Å². The number of para-hydroxylation sites is 2. The Morgan fingerprint density at radius 3 is 2.82 bits per heavy atom. The molecule has 142 valence electrons. The molecular formula is C23H24N4O. The molecule has 2 aromatic carbocycles. The van der Waals surface area contributed by atoms with Crippen molar-refractivity contribution in [2.24, 2.45) is 0 Å². The van der Waals surface area contributed by atoms with Crippen molar-refractivity contribution < 1.29 is 4.79 Å². The summed E-state index contributed by atoms with van der Waals surface area (Å²) in [6, 6.07) is 16.2. The van der Waals surface area contributed by atoms with Gasteiger partial charge in [0.05, 0.1) is 0 Å². The lowest BCUT2D eigenvalue weighted by molar-refractivity contribution is 0.102. The molecule has 0 spiro atoms. The summed E-state index contributed by atoms with van der Waals surface area (Å²) in [6.07, 6.45) is 3.46. The monoisotopic (exact) mass is 372 g/mol. The number of anilines is 3. The third-order valence-corrected chi connectivity index (χ3v) is 5.28. The van der Waals surface area contributed by atoms with Crippen LogP contribution in [-0.2, 0) is 12.8 Å². The first kappa shape index (κ1) is 18.2. The third kappa shape index (κ3) is 3.24. The number of hydrogen-bond acceptors (Lipinski definition) is 4. The van der Waals surface area contributed by atoms with Crippen LogP contribution in [-0.4, -0.2) is 21.9 Å². The molecule has 1 unspecified atom stereocenters. The van der Waals surface area contributed by atoms with Gasteiger partial charge in [0.15, 0.2) is 0 Å². The molecule has 4 rings (SSSR count). The molecule has 0 radical (unpaired) electrons. The average Bonchev–Trinajstić information content (AvgIpc) is 3.05. The van der Waals surface area contributed by atoms with Crippen molar-refractivity contribution in [1.82, 2.24) is 9.97 Å². The molecule has 1 aliphatic rings. The Balaban J connectivity index is 1.64. The van der Waals surface area contributed by atoms with Crippen molar-refractivity contribution >= 4 is 23.2 Å². The van der Waals surface area contributed by atoms with E-state index in [4.69, 9.17) is 0 Å². The first-order valence-electron chi connectivity index (χ1n) is 9.68. The van der Waals surface area contributed by atoms with Crippen LogP contribution in [0, 0.1) is 6.92 Å². The fourth-order valence-electron chi connectivity index (χ4n) is 3.84. The number of rotatable bonds is 4. The molecule has 0 saturated heterocycles. The number of aromatic nitrogens is 2. The lowest BCUT2D eigenvalue weighted by atomic mass is 10.1. The molecule has 0 aliphatic carbocycles. The molecule has 3 aromatic rings. The summed E-state index contributed by atoms with van der Waals surface area (Å²) in [6.45, 7) is 6.24. The van der Waals surface area contributed by atoms with Gasteiger partial charge in [-0.1, -0.05) is 43.3 Å². The third-order valence-electron chi connectivity index (χ3n) is 5.28. The zero-order chi connectivity index (χ0) is 19.7. The largest absolute Gasteiger partial charge is 0.320 e. The van der Waals surface area contributed by atoms with Crippen LogP contribution < -0.4 is 10.2 Å². The number of aryl methyl sites for hydroxylation is 2. The van der Waals surface area contributed by atoms with Crippen LogP contribution >= 0.6 is 0 Å². The predicted octanol–water partition coefficient (Wildman–Crippen LogP) is 4.68. The standard InChI is InChI=1S/C23H24N4O/c1-4-17-10-7-8-15(2)21(17)26-22(28)19-12-13-24-23(25-19)27-16(3)14-18-9-5-6-11-20(18)27/h5-13,16H,4,14H2,1-3H3,(H,26,28). The zero-order valence-corrected chi connectivity index (χ0v) is 16.4. The minimum absolute atomic E-state index is 0.215. The molecular weight excluding hydrogens is 348 g/mol. The van der Waals surface area contributed by atoms with E-state index in [2.05, 4.69) is 46.2 Å². The molecule has 2 heterocycles. The Morgan fingerprint density at radius 2 is 2.00 bits per heavy atom. The van der Waals surface area contributed by atoms with E-state index >= 15 is 0 Å². The lowest BCUT2D eigenvalue weighted by Crippen LogP contribution is -2.27. The van der Waals surface area contributed by atoms with Crippen LogP contribution in [0.5, 0.6) is 0 Å². The molecule has 5 nitrogen and oxygen atoms in total. The first-order valence-corrected chi connectivity index (χ1v) is 9.68. The summed E-state index contributed by atoms with van der Waals surface area (Å²) in [7, 11) is 0. The second kappa shape index (κ2) is 7.43. The van der Waals surface area contributed by atoms with Gasteiger partial charge in [-0.15, -0.1) is 0 Å². The van der Waals surface area contributed by atoms with Crippen LogP contribution in [0.2, 0.25) is 0 Å². The molecule has 1 atom stereocenters. The Bertz CT molecular complexity index is 1030. The van der Waals surface area contributed by atoms with E-state index in [1.54, 1.807) is 12.3 Å². The summed E-state index contributed by atoms with van der Waals surface area (Å²) in [5.41, 5.74) is 5.79. The van der Waals surface area contributed by atoms with E-state index in [-0.39, 0.29) is 11.9 Å². The van der Waals surface area contributed by atoms with E-state index in [1.165, 1.54) is 5.56 Å². The second-order valence-electron chi connectivity index (χ2n) is 7.21. The van der Waals surface area contributed by atoms with Gasteiger partial charge in [-0.3, -0.25) is 4.79 Å². The molecule has 1 amide bonds. The second-order valence-corrected chi connectivity index (χ2v) is 7.21. The highest BCUT2D eigenvalue weighted by Gasteiger charge is 2.29. The molecule has 0 bridgehead atoms. The number of carbonyl (C=O) groups excluding carboxylic acids is 1. The topological polar surface area (TPSA) is 58.1 Å². The first-order chi connectivity index (χ1) is 13.6. The average molecular weight is 372 g/mol. The minimum atomic E-state index is -0.215. The van der Waals surface area contributed by atoms with Gasteiger partial charge in [-0.2, -0.15) is 0 Å². The fourth-order valence-corrected chi connectivity index (χ4v) is 3.84. The summed E-state index contributed by atoms with van der Waals surface area (Å²) < 4.78 is 0. The van der Waals surface area contributed by atoms with Gasteiger partial charge in [0.2, 0.25) is 5.95 Å². The molecule has 28 heavy (non-hydrogen) atoms. The zero-order valence-electron chi connectivity index (χ0n) is 16.4. The maximum Gasteiger partial charge on any atom is 0.274 e. The van der Waals surface area contributed by atoms with Crippen LogP contribution in [0.3, 0.4) is 0 Å². The SMILES string of the molecule is CCc1cccc(C)c1NC(=O)c1ccnc(N2c3ccccc3CC2C)n1. The number of fused-ring (bicyclic) bond motifs is 1. The van der Waals surface area contributed by atoms with Crippen LogP contribution in [0.15, 0.2) is 54.7 Å². The Morgan fingerprint density at radius 1 is 1.18 bits per heavy atom. The van der Waals surface area contributed by atoms with Crippen molar-refractivity contribution in [3.63, 3.8) is 0 Å². The van der Waals surface area contributed by atoms with Crippen molar-refractivity contribution in [1.29, 1.82) is 0 Å². The molecule has 1 N–H and O–H groups in total. The van der Waals surface area contributed by atoms with Crippen molar-refractivity contribution in [3.8, 4) is 0 Å². The predicted molar refractivity (Wildman–Crippen MR) is 112 cm³/mol. The summed E-state index contributed by atoms with van der Waals surface area (Å²) in [4.78, 5) is 24.1. The maximum absolute atomic E-state index is 12.9. The maximum atomic E-state index is 12.9. The summed E-state index contributed by atoms with van der Waals surface area (Å²) >= 11 is 0. The molecule has 5 heteroatoms. The van der Waals surface area contributed by atoms with Crippen LogP contribution in [0.25, 0.3) is 0 Å². The normalized spacial score (nSPS) is 15.4. The Labute approximate surface area is 165 Å². The van der Waals surface area contributed by atoms with E-state index < -0.39 is 0 Å². The lowest BCUT2D eigenvalue weighted by Gasteiger charge is -2.22.